The van der Waals surface area contributed by atoms with Gasteiger partial charge in [0, 0.05) is 31.3 Å². The maximum Gasteiger partial charge on any atom is 0.410 e. The maximum absolute atomic E-state index is 12.6. The van der Waals surface area contributed by atoms with Crippen molar-refractivity contribution in [3.63, 3.8) is 0 Å². The summed E-state index contributed by atoms with van der Waals surface area (Å²) >= 11 is 1.37. The first-order chi connectivity index (χ1) is 10.7. The van der Waals surface area contributed by atoms with Gasteiger partial charge in [0.05, 0.1) is 8.41 Å². The molecule has 0 bridgehead atoms. The van der Waals surface area contributed by atoms with Gasteiger partial charge in [-0.05, 0) is 52.6 Å². The fourth-order valence-corrected chi connectivity index (χ4v) is 4.59. The second kappa shape index (κ2) is 8.61. The predicted octanol–water partition coefficient (Wildman–Crippen LogP) is 1.80. The Bertz CT molecular complexity index is 456. The molecule has 2 rings (SSSR count). The first-order valence-electron chi connectivity index (χ1n) is 8.58. The van der Waals surface area contributed by atoms with Gasteiger partial charge < -0.3 is 14.5 Å². The van der Waals surface area contributed by atoms with Crippen LogP contribution in [0, 0.1) is 5.92 Å². The van der Waals surface area contributed by atoms with Crippen molar-refractivity contribution in [1.82, 2.24) is 9.80 Å². The highest BCUT2D eigenvalue weighted by Gasteiger charge is 2.43. The van der Waals surface area contributed by atoms with Gasteiger partial charge in [0.25, 0.3) is 0 Å². The molecule has 0 radical (unpaired) electrons. The van der Waals surface area contributed by atoms with Crippen LogP contribution in [-0.2, 0) is 9.53 Å². The van der Waals surface area contributed by atoms with Crippen LogP contribution in [0.4, 0.5) is 4.79 Å². The fourth-order valence-electron chi connectivity index (χ4n) is 3.59. The van der Waals surface area contributed by atoms with Crippen LogP contribution < -0.4 is 0 Å². The monoisotopic (exact) mass is 356 g/mol. The molecule has 24 heavy (non-hydrogen) atoms. The van der Waals surface area contributed by atoms with Gasteiger partial charge in [-0.1, -0.05) is 18.7 Å². The van der Waals surface area contributed by atoms with E-state index < -0.39 is 5.60 Å². The summed E-state index contributed by atoms with van der Waals surface area (Å²) in [6.45, 7) is 13.3. The molecule has 0 aromatic heterocycles. The third kappa shape index (κ3) is 5.69. The molecule has 2 saturated heterocycles. The lowest BCUT2D eigenvalue weighted by Crippen LogP contribution is -2.43. The maximum atomic E-state index is 12.6. The zero-order valence-corrected chi connectivity index (χ0v) is 15.8. The highest BCUT2D eigenvalue weighted by Crippen LogP contribution is 2.36. The smallest absolute Gasteiger partial charge is 0.410 e. The molecule has 2 aliphatic rings. The Morgan fingerprint density at radius 3 is 2.42 bits per heavy atom. The molecule has 3 atom stereocenters. The number of nitrogens with zero attached hydrogens (tertiary/aromatic N) is 2. The van der Waals surface area contributed by atoms with Crippen LogP contribution in [0.2, 0.25) is 0 Å². The average molecular weight is 356 g/mol. The molecule has 0 N–H and O–H groups in total. The normalized spacial score (nSPS) is 27.9. The second-order valence-electron chi connectivity index (χ2n) is 7.61. The number of hydrogen-bond donors (Lipinski definition) is 0. The highest BCUT2D eigenvalue weighted by molar-refractivity contribution is 8.14. The van der Waals surface area contributed by atoms with Crippen molar-refractivity contribution in [1.29, 1.82) is 0 Å². The number of amides is 1. The summed E-state index contributed by atoms with van der Waals surface area (Å²) in [6.07, 6.45) is 1.78. The van der Waals surface area contributed by atoms with Crippen molar-refractivity contribution in [3.8, 4) is 0 Å². The molecule has 0 aliphatic carbocycles. The molecule has 5 nitrogen and oxygen atoms in total. The second-order valence-corrected chi connectivity index (χ2v) is 9.09. The van der Waals surface area contributed by atoms with Gasteiger partial charge in [-0.15, -0.1) is 0 Å². The number of likely N-dealkylation sites (tertiary alicyclic amines) is 2. The summed E-state index contributed by atoms with van der Waals surface area (Å²) in [6, 6.07) is 0.193. The van der Waals surface area contributed by atoms with Crippen LogP contribution in [0.3, 0.4) is 0 Å². The number of rotatable bonds is 3. The molecule has 0 saturated carbocycles. The Morgan fingerprint density at radius 1 is 1.25 bits per heavy atom. The molecule has 1 unspecified atom stereocenters. The van der Waals surface area contributed by atoms with E-state index in [-0.39, 0.29) is 30.9 Å². The van der Waals surface area contributed by atoms with Crippen LogP contribution in [-0.4, -0.2) is 72.5 Å². The van der Waals surface area contributed by atoms with Gasteiger partial charge in [0.15, 0.2) is 5.12 Å². The van der Waals surface area contributed by atoms with E-state index in [0.29, 0.717) is 12.5 Å². The summed E-state index contributed by atoms with van der Waals surface area (Å²) in [7, 11) is 0. The molecule has 0 aromatic rings. The Morgan fingerprint density at radius 2 is 1.92 bits per heavy atom. The number of carbonyl (C=O) groups excluding carboxylic acids is 2. The van der Waals surface area contributed by atoms with Crippen molar-refractivity contribution < 1.29 is 14.3 Å². The zero-order chi connectivity index (χ0) is 17.2. The number of carbonyl (C=O) groups is 2. The summed E-state index contributed by atoms with van der Waals surface area (Å²) in [5.41, 5.74) is -0.488. The van der Waals surface area contributed by atoms with E-state index in [2.05, 4.69) is 11.8 Å². The number of hydrogen-bond acceptors (Lipinski definition) is 5. The lowest BCUT2D eigenvalue weighted by atomic mass is 9.97. The van der Waals surface area contributed by atoms with Gasteiger partial charge in [0.1, 0.15) is 5.60 Å². The van der Waals surface area contributed by atoms with Gasteiger partial charge in [-0.2, -0.15) is 0 Å². The Balaban J connectivity index is 0.00000288. The Hall–Kier alpha value is -0.685. The predicted molar refractivity (Wildman–Crippen MR) is 104 cm³/mol. The molecule has 138 valence electrons. The third-order valence-corrected chi connectivity index (χ3v) is 5.57. The molecule has 1 amide bonds. The molecule has 2 aliphatic heterocycles. The fraction of sp³-hybridized carbons (Fsp3) is 0.882. The zero-order valence-electron chi connectivity index (χ0n) is 15.0. The quantitative estimate of drug-likeness (QED) is 0.722. The van der Waals surface area contributed by atoms with E-state index in [0.717, 1.165) is 32.5 Å². The lowest BCUT2D eigenvalue weighted by molar-refractivity contribution is -0.109. The van der Waals surface area contributed by atoms with E-state index in [1.54, 1.807) is 6.92 Å². The minimum Gasteiger partial charge on any atom is -0.444 e. The summed E-state index contributed by atoms with van der Waals surface area (Å²) in [5.74, 6) is 0.486. The first-order valence-corrected chi connectivity index (χ1v) is 9.46. The standard InChI is InChI=1S/C17H30N2O3S.BH3/c1-6-18-8-7-13(10-18)15-9-14(23-12(2)20)11-19(15)16(21)22-17(3,4)5;/h13-15H,6-11H2,1-5H3;1H3/t13?,14-,15-;/m0./s1. The van der Waals surface area contributed by atoms with E-state index in [4.69, 9.17) is 4.74 Å². The minimum absolute atomic E-state index is 0. The SMILES string of the molecule is B.CCN1CCC([C@@H]2C[C@H](SC(C)=O)CN2C(=O)OC(C)(C)C)C1. The Kier molecular flexibility index (Phi) is 7.66. The van der Waals surface area contributed by atoms with Crippen LogP contribution >= 0.6 is 11.8 Å². The minimum atomic E-state index is -0.488. The van der Waals surface area contributed by atoms with E-state index in [9.17, 15) is 9.59 Å². The molecule has 0 aromatic carbocycles. The summed E-state index contributed by atoms with van der Waals surface area (Å²) < 4.78 is 5.60. The van der Waals surface area contributed by atoms with Crippen molar-refractivity contribution >= 4 is 31.4 Å². The highest BCUT2D eigenvalue weighted by atomic mass is 32.2. The Labute approximate surface area is 152 Å². The molecular weight excluding hydrogens is 323 g/mol. The van der Waals surface area contributed by atoms with Gasteiger partial charge >= 0.3 is 6.09 Å². The average Bonchev–Trinajstić information content (AvgIpc) is 3.01. The van der Waals surface area contributed by atoms with Crippen LogP contribution in [0.1, 0.15) is 47.5 Å². The van der Waals surface area contributed by atoms with Gasteiger partial charge in [-0.25, -0.2) is 4.79 Å². The largest absolute Gasteiger partial charge is 0.444 e. The molecular formula is C17H33BN2O3S. The summed E-state index contributed by atoms with van der Waals surface area (Å²) in [5, 5.41) is 0.321. The van der Waals surface area contributed by atoms with Crippen molar-refractivity contribution in [2.75, 3.05) is 26.2 Å². The van der Waals surface area contributed by atoms with E-state index in [1.807, 2.05) is 25.7 Å². The lowest BCUT2D eigenvalue weighted by Gasteiger charge is -2.31. The van der Waals surface area contributed by atoms with Crippen molar-refractivity contribution in [2.24, 2.45) is 5.92 Å². The molecule has 7 heteroatoms. The van der Waals surface area contributed by atoms with Crippen LogP contribution in [0.15, 0.2) is 0 Å². The summed E-state index contributed by atoms with van der Waals surface area (Å²) in [4.78, 5) is 28.4. The van der Waals surface area contributed by atoms with Crippen LogP contribution in [0.5, 0.6) is 0 Å². The van der Waals surface area contributed by atoms with Gasteiger partial charge in [0.2, 0.25) is 0 Å². The van der Waals surface area contributed by atoms with Gasteiger partial charge in [-0.3, -0.25) is 4.79 Å². The number of thioether (sulfide) groups is 1. The molecule has 2 fully saturated rings. The molecule has 0 spiro atoms. The topological polar surface area (TPSA) is 49.9 Å². The molecule has 2 heterocycles. The van der Waals surface area contributed by atoms with E-state index >= 15 is 0 Å². The van der Waals surface area contributed by atoms with Crippen LogP contribution in [0.25, 0.3) is 0 Å². The van der Waals surface area contributed by atoms with Crippen molar-refractivity contribution in [3.05, 3.63) is 0 Å². The third-order valence-electron chi connectivity index (χ3n) is 4.57. The number of ether oxygens (including phenoxy) is 1. The van der Waals surface area contributed by atoms with Crippen molar-refractivity contribution in [2.45, 2.75) is 64.4 Å². The van der Waals surface area contributed by atoms with E-state index in [1.165, 1.54) is 11.8 Å². The first kappa shape index (κ1) is 21.4.